The molecule has 0 saturated heterocycles. The van der Waals surface area contributed by atoms with Crippen LogP contribution in [0, 0.1) is 0 Å². The van der Waals surface area contributed by atoms with Crippen LogP contribution in [-0.4, -0.2) is 23.3 Å². The Labute approximate surface area is 82.9 Å². The zero-order valence-corrected chi connectivity index (χ0v) is 8.44. The topological polar surface area (TPSA) is 47.1 Å². The number of anilines is 1. The normalized spacial score (nSPS) is 10.8. The smallest absolute Gasteiger partial charge is 0.0955 e. The van der Waals surface area contributed by atoms with Crippen molar-refractivity contribution >= 4 is 16.7 Å². The van der Waals surface area contributed by atoms with Crippen molar-refractivity contribution in [3.8, 4) is 0 Å². The van der Waals surface area contributed by atoms with E-state index in [0.717, 1.165) is 16.7 Å². The maximum atomic E-state index is 5.55. The highest BCUT2D eigenvalue weighted by Crippen LogP contribution is 2.19. The number of hydrogen-bond acceptors (Lipinski definition) is 3. The SMILES string of the molecule is CN(CN)c1ccc2c(c1)ncn2C. The summed E-state index contributed by atoms with van der Waals surface area (Å²) in [7, 11) is 3.95. The molecule has 2 N–H and O–H groups in total. The highest BCUT2D eigenvalue weighted by molar-refractivity contribution is 5.79. The molecule has 1 aromatic heterocycles. The van der Waals surface area contributed by atoms with Crippen LogP contribution in [0.15, 0.2) is 24.5 Å². The van der Waals surface area contributed by atoms with Crippen LogP contribution in [0.25, 0.3) is 11.0 Å². The third kappa shape index (κ3) is 1.33. The molecule has 0 aliphatic carbocycles. The first kappa shape index (κ1) is 9.02. The van der Waals surface area contributed by atoms with Crippen LogP contribution >= 0.6 is 0 Å². The fourth-order valence-corrected chi connectivity index (χ4v) is 1.47. The molecule has 4 nitrogen and oxygen atoms in total. The fourth-order valence-electron chi connectivity index (χ4n) is 1.47. The van der Waals surface area contributed by atoms with Gasteiger partial charge in [-0.1, -0.05) is 0 Å². The monoisotopic (exact) mass is 190 g/mol. The van der Waals surface area contributed by atoms with Gasteiger partial charge in [-0.2, -0.15) is 0 Å². The summed E-state index contributed by atoms with van der Waals surface area (Å²) in [5.41, 5.74) is 8.79. The average Bonchev–Trinajstić information content (AvgIpc) is 2.59. The molecule has 1 aromatic carbocycles. The number of nitrogens with zero attached hydrogens (tertiary/aromatic N) is 3. The second-order valence-corrected chi connectivity index (χ2v) is 3.41. The molecule has 0 saturated carbocycles. The molecule has 2 aromatic rings. The average molecular weight is 190 g/mol. The second kappa shape index (κ2) is 3.31. The van der Waals surface area contributed by atoms with Gasteiger partial charge in [-0.15, -0.1) is 0 Å². The predicted molar refractivity (Wildman–Crippen MR) is 58.2 cm³/mol. The Balaban J connectivity index is 2.52. The molecular weight excluding hydrogens is 176 g/mol. The molecule has 0 radical (unpaired) electrons. The number of rotatable bonds is 2. The van der Waals surface area contributed by atoms with E-state index in [4.69, 9.17) is 5.73 Å². The van der Waals surface area contributed by atoms with Gasteiger partial charge in [0, 0.05) is 19.8 Å². The van der Waals surface area contributed by atoms with Gasteiger partial charge < -0.3 is 15.2 Å². The van der Waals surface area contributed by atoms with Crippen molar-refractivity contribution in [3.05, 3.63) is 24.5 Å². The summed E-state index contributed by atoms with van der Waals surface area (Å²) < 4.78 is 2.00. The summed E-state index contributed by atoms with van der Waals surface area (Å²) in [6.45, 7) is 0.512. The molecule has 0 atom stereocenters. The van der Waals surface area contributed by atoms with Gasteiger partial charge in [0.25, 0.3) is 0 Å². The van der Waals surface area contributed by atoms with Crippen LogP contribution in [0.4, 0.5) is 5.69 Å². The standard InChI is InChI=1S/C10H14N4/c1-13(6-11)8-3-4-10-9(5-8)12-7-14(10)2/h3-5,7H,6,11H2,1-2H3. The van der Waals surface area contributed by atoms with Crippen LogP contribution in [0.5, 0.6) is 0 Å². The lowest BCUT2D eigenvalue weighted by Gasteiger charge is -2.16. The van der Waals surface area contributed by atoms with Crippen molar-refractivity contribution in [1.29, 1.82) is 0 Å². The number of aryl methyl sites for hydroxylation is 1. The van der Waals surface area contributed by atoms with E-state index < -0.39 is 0 Å². The van der Waals surface area contributed by atoms with Crippen molar-refractivity contribution in [1.82, 2.24) is 9.55 Å². The number of imidazole rings is 1. The molecule has 0 unspecified atom stereocenters. The van der Waals surface area contributed by atoms with E-state index in [-0.39, 0.29) is 0 Å². The maximum Gasteiger partial charge on any atom is 0.0955 e. The maximum absolute atomic E-state index is 5.55. The summed E-state index contributed by atoms with van der Waals surface area (Å²) in [4.78, 5) is 6.27. The molecule has 0 fully saturated rings. The Bertz CT molecular complexity index is 446. The molecule has 74 valence electrons. The minimum absolute atomic E-state index is 0.512. The first-order chi connectivity index (χ1) is 6.72. The fraction of sp³-hybridized carbons (Fsp3) is 0.300. The summed E-state index contributed by atoms with van der Waals surface area (Å²) in [5, 5.41) is 0. The van der Waals surface area contributed by atoms with E-state index in [0.29, 0.717) is 6.67 Å². The van der Waals surface area contributed by atoms with Crippen LogP contribution in [-0.2, 0) is 7.05 Å². The van der Waals surface area contributed by atoms with Gasteiger partial charge in [-0.3, -0.25) is 0 Å². The Kier molecular flexibility index (Phi) is 2.13. The van der Waals surface area contributed by atoms with Crippen molar-refractivity contribution in [2.45, 2.75) is 0 Å². The van der Waals surface area contributed by atoms with Gasteiger partial charge in [0.05, 0.1) is 24.0 Å². The van der Waals surface area contributed by atoms with E-state index in [1.165, 1.54) is 0 Å². The van der Waals surface area contributed by atoms with Gasteiger partial charge in [0.15, 0.2) is 0 Å². The van der Waals surface area contributed by atoms with Crippen LogP contribution in [0.1, 0.15) is 0 Å². The van der Waals surface area contributed by atoms with Gasteiger partial charge >= 0.3 is 0 Å². The van der Waals surface area contributed by atoms with Gasteiger partial charge in [-0.25, -0.2) is 4.98 Å². The molecule has 2 rings (SSSR count). The molecule has 0 spiro atoms. The predicted octanol–water partition coefficient (Wildman–Crippen LogP) is 0.926. The van der Waals surface area contributed by atoms with Gasteiger partial charge in [0.1, 0.15) is 0 Å². The van der Waals surface area contributed by atoms with Crippen molar-refractivity contribution in [2.24, 2.45) is 12.8 Å². The van der Waals surface area contributed by atoms with E-state index in [1.807, 2.05) is 36.0 Å². The number of hydrogen-bond donors (Lipinski definition) is 1. The molecule has 0 bridgehead atoms. The largest absolute Gasteiger partial charge is 0.362 e. The summed E-state index contributed by atoms with van der Waals surface area (Å²) >= 11 is 0. The van der Waals surface area contributed by atoms with Crippen molar-refractivity contribution < 1.29 is 0 Å². The van der Waals surface area contributed by atoms with Crippen molar-refractivity contribution in [2.75, 3.05) is 18.6 Å². The van der Waals surface area contributed by atoms with E-state index in [9.17, 15) is 0 Å². The quantitative estimate of drug-likeness (QED) is 0.716. The lowest BCUT2D eigenvalue weighted by atomic mass is 10.2. The highest BCUT2D eigenvalue weighted by Gasteiger charge is 2.02. The summed E-state index contributed by atoms with van der Waals surface area (Å²) in [6.07, 6.45) is 1.82. The molecule has 14 heavy (non-hydrogen) atoms. The zero-order chi connectivity index (χ0) is 10.1. The minimum Gasteiger partial charge on any atom is -0.362 e. The Morgan fingerprint density at radius 2 is 2.29 bits per heavy atom. The first-order valence-electron chi connectivity index (χ1n) is 4.54. The summed E-state index contributed by atoms with van der Waals surface area (Å²) in [5.74, 6) is 0. The highest BCUT2D eigenvalue weighted by atomic mass is 15.1. The van der Waals surface area contributed by atoms with Crippen LogP contribution in [0.2, 0.25) is 0 Å². The Morgan fingerprint density at radius 1 is 1.50 bits per heavy atom. The summed E-state index contributed by atoms with van der Waals surface area (Å²) in [6, 6.07) is 6.16. The van der Waals surface area contributed by atoms with Gasteiger partial charge in [-0.05, 0) is 18.2 Å². The molecular formula is C10H14N4. The third-order valence-electron chi connectivity index (χ3n) is 2.42. The van der Waals surface area contributed by atoms with E-state index in [1.54, 1.807) is 0 Å². The second-order valence-electron chi connectivity index (χ2n) is 3.41. The minimum atomic E-state index is 0.512. The van der Waals surface area contributed by atoms with Crippen LogP contribution in [0.3, 0.4) is 0 Å². The number of fused-ring (bicyclic) bond motifs is 1. The molecule has 0 aliphatic heterocycles. The zero-order valence-electron chi connectivity index (χ0n) is 8.44. The molecule has 0 amide bonds. The lowest BCUT2D eigenvalue weighted by Crippen LogP contribution is -2.24. The van der Waals surface area contributed by atoms with Crippen LogP contribution < -0.4 is 10.6 Å². The lowest BCUT2D eigenvalue weighted by molar-refractivity contribution is 0.933. The number of nitrogens with two attached hydrogens (primary N) is 1. The number of benzene rings is 1. The van der Waals surface area contributed by atoms with E-state index >= 15 is 0 Å². The van der Waals surface area contributed by atoms with Gasteiger partial charge in [0.2, 0.25) is 0 Å². The first-order valence-corrected chi connectivity index (χ1v) is 4.54. The van der Waals surface area contributed by atoms with E-state index in [2.05, 4.69) is 17.1 Å². The van der Waals surface area contributed by atoms with Crippen molar-refractivity contribution in [3.63, 3.8) is 0 Å². The third-order valence-corrected chi connectivity index (χ3v) is 2.42. The molecule has 0 aliphatic rings. The number of aromatic nitrogens is 2. The Morgan fingerprint density at radius 3 is 3.00 bits per heavy atom. The molecule has 1 heterocycles. The molecule has 4 heteroatoms. The Hall–Kier alpha value is -1.55.